The third-order valence-electron chi connectivity index (χ3n) is 2.41. The minimum atomic E-state index is -0.624. The zero-order chi connectivity index (χ0) is 10.0. The first-order valence-corrected chi connectivity index (χ1v) is 5.21. The summed E-state index contributed by atoms with van der Waals surface area (Å²) in [4.78, 5) is 0. The predicted octanol–water partition coefficient (Wildman–Crippen LogP) is 2.51. The second-order valence-electron chi connectivity index (χ2n) is 3.52. The van der Waals surface area contributed by atoms with Crippen LogP contribution in [-0.2, 0) is 15.3 Å². The summed E-state index contributed by atoms with van der Waals surface area (Å²) in [6.45, 7) is 2.49. The molecule has 1 heterocycles. The second kappa shape index (κ2) is 3.89. The molecular weight excluding hydrogens is 200 g/mol. The molecule has 0 amide bonds. The van der Waals surface area contributed by atoms with Crippen LogP contribution in [0.3, 0.4) is 0 Å². The molecular formula is C11H13ClO2. The molecule has 3 heteroatoms. The maximum Gasteiger partial charge on any atom is 0.192 e. The van der Waals surface area contributed by atoms with Gasteiger partial charge in [0.05, 0.1) is 18.6 Å². The molecule has 0 aliphatic carbocycles. The fourth-order valence-electron chi connectivity index (χ4n) is 1.61. The van der Waals surface area contributed by atoms with Crippen molar-refractivity contribution in [3.63, 3.8) is 0 Å². The number of hydrogen-bond donors (Lipinski definition) is 0. The first-order chi connectivity index (χ1) is 6.74. The zero-order valence-electron chi connectivity index (χ0n) is 8.07. The van der Waals surface area contributed by atoms with Crippen molar-refractivity contribution in [3.05, 3.63) is 35.9 Å². The predicted molar refractivity (Wildman–Crippen MR) is 55.3 cm³/mol. The van der Waals surface area contributed by atoms with E-state index in [0.717, 1.165) is 5.56 Å². The lowest BCUT2D eigenvalue weighted by Gasteiger charge is -2.23. The van der Waals surface area contributed by atoms with Gasteiger partial charge in [-0.3, -0.25) is 0 Å². The highest BCUT2D eigenvalue weighted by molar-refractivity contribution is 6.18. The summed E-state index contributed by atoms with van der Waals surface area (Å²) in [5.74, 6) is -0.150. The van der Waals surface area contributed by atoms with Gasteiger partial charge in [0.2, 0.25) is 0 Å². The van der Waals surface area contributed by atoms with Crippen molar-refractivity contribution in [1.82, 2.24) is 0 Å². The minimum Gasteiger partial charge on any atom is -0.343 e. The van der Waals surface area contributed by atoms with Gasteiger partial charge in [0.25, 0.3) is 0 Å². The quantitative estimate of drug-likeness (QED) is 0.702. The lowest BCUT2D eigenvalue weighted by Crippen LogP contribution is -2.24. The molecule has 2 rings (SSSR count). The van der Waals surface area contributed by atoms with Gasteiger partial charge in [-0.05, 0) is 6.92 Å². The fourth-order valence-corrected chi connectivity index (χ4v) is 1.76. The van der Waals surface area contributed by atoms with Crippen LogP contribution in [0, 0.1) is 0 Å². The molecule has 0 radical (unpaired) electrons. The Morgan fingerprint density at radius 1 is 1.43 bits per heavy atom. The molecule has 1 aliphatic rings. The average Bonchev–Trinajstić information content (AvgIpc) is 2.63. The molecule has 76 valence electrons. The van der Waals surface area contributed by atoms with Gasteiger partial charge < -0.3 is 9.47 Å². The number of hydrogen-bond acceptors (Lipinski definition) is 2. The number of ether oxygens (including phenoxy) is 2. The highest BCUT2D eigenvalue weighted by Crippen LogP contribution is 2.33. The van der Waals surface area contributed by atoms with Crippen molar-refractivity contribution in [2.75, 3.05) is 12.5 Å². The molecule has 1 aromatic carbocycles. The van der Waals surface area contributed by atoms with Gasteiger partial charge in [-0.15, -0.1) is 11.6 Å². The Morgan fingerprint density at radius 2 is 2.14 bits per heavy atom. The van der Waals surface area contributed by atoms with Gasteiger partial charge in [-0.1, -0.05) is 30.3 Å². The molecule has 1 fully saturated rings. The van der Waals surface area contributed by atoms with Crippen molar-refractivity contribution in [3.8, 4) is 0 Å². The average molecular weight is 213 g/mol. The van der Waals surface area contributed by atoms with E-state index in [1.54, 1.807) is 0 Å². The SMILES string of the molecule is C[C@@]1(c2ccccc2)OC[C@H](CCl)O1. The van der Waals surface area contributed by atoms with Gasteiger partial charge in [0.15, 0.2) is 5.79 Å². The Labute approximate surface area is 88.8 Å². The van der Waals surface area contributed by atoms with Crippen LogP contribution in [0.25, 0.3) is 0 Å². The van der Waals surface area contributed by atoms with Crippen LogP contribution in [0.5, 0.6) is 0 Å². The van der Waals surface area contributed by atoms with E-state index in [9.17, 15) is 0 Å². The lowest BCUT2D eigenvalue weighted by molar-refractivity contribution is -0.159. The summed E-state index contributed by atoms with van der Waals surface area (Å²) in [6, 6.07) is 9.91. The topological polar surface area (TPSA) is 18.5 Å². The molecule has 14 heavy (non-hydrogen) atoms. The van der Waals surface area contributed by atoms with E-state index in [2.05, 4.69) is 0 Å². The number of benzene rings is 1. The Morgan fingerprint density at radius 3 is 2.71 bits per heavy atom. The van der Waals surface area contributed by atoms with E-state index in [4.69, 9.17) is 21.1 Å². The summed E-state index contributed by atoms with van der Waals surface area (Å²) < 4.78 is 11.4. The normalized spacial score (nSPS) is 32.0. The molecule has 1 aliphatic heterocycles. The molecule has 0 spiro atoms. The van der Waals surface area contributed by atoms with Crippen molar-refractivity contribution in [1.29, 1.82) is 0 Å². The first-order valence-electron chi connectivity index (χ1n) is 4.68. The van der Waals surface area contributed by atoms with Gasteiger partial charge in [0.1, 0.15) is 0 Å². The van der Waals surface area contributed by atoms with Crippen molar-refractivity contribution in [2.24, 2.45) is 0 Å². The van der Waals surface area contributed by atoms with Crippen LogP contribution in [0.4, 0.5) is 0 Å². The molecule has 0 N–H and O–H groups in total. The smallest absolute Gasteiger partial charge is 0.192 e. The maximum absolute atomic E-state index is 5.73. The van der Waals surface area contributed by atoms with Crippen LogP contribution >= 0.6 is 11.6 Å². The summed E-state index contributed by atoms with van der Waals surface area (Å²) in [6.07, 6.45) is 0.00173. The first kappa shape index (κ1) is 9.97. The summed E-state index contributed by atoms with van der Waals surface area (Å²) in [5.41, 5.74) is 1.03. The standard InChI is InChI=1S/C11H13ClO2/c1-11(9-5-3-2-4-6-9)13-8-10(7-12)14-11/h2-6,10H,7-8H2,1H3/t10-,11+/m0/s1. The second-order valence-corrected chi connectivity index (χ2v) is 3.83. The van der Waals surface area contributed by atoms with Crippen molar-refractivity contribution in [2.45, 2.75) is 18.8 Å². The monoisotopic (exact) mass is 212 g/mol. The largest absolute Gasteiger partial charge is 0.343 e. The Kier molecular flexibility index (Phi) is 2.77. The Bertz CT molecular complexity index is 301. The Balaban J connectivity index is 2.19. The van der Waals surface area contributed by atoms with Gasteiger partial charge in [-0.25, -0.2) is 0 Å². The van der Waals surface area contributed by atoms with Crippen LogP contribution in [0.15, 0.2) is 30.3 Å². The fraction of sp³-hybridized carbons (Fsp3) is 0.455. The lowest BCUT2D eigenvalue weighted by atomic mass is 10.1. The molecule has 0 unspecified atom stereocenters. The van der Waals surface area contributed by atoms with Crippen LogP contribution < -0.4 is 0 Å². The van der Waals surface area contributed by atoms with E-state index < -0.39 is 5.79 Å². The molecule has 0 aromatic heterocycles. The van der Waals surface area contributed by atoms with Crippen LogP contribution in [0.1, 0.15) is 12.5 Å². The zero-order valence-corrected chi connectivity index (χ0v) is 8.83. The molecule has 1 aromatic rings. The van der Waals surface area contributed by atoms with E-state index in [1.165, 1.54) is 0 Å². The van der Waals surface area contributed by atoms with E-state index >= 15 is 0 Å². The third kappa shape index (κ3) is 1.78. The van der Waals surface area contributed by atoms with Gasteiger partial charge in [-0.2, -0.15) is 0 Å². The highest BCUT2D eigenvalue weighted by Gasteiger charge is 2.38. The summed E-state index contributed by atoms with van der Waals surface area (Å²) in [5, 5.41) is 0. The maximum atomic E-state index is 5.73. The summed E-state index contributed by atoms with van der Waals surface area (Å²) >= 11 is 5.72. The Hall–Kier alpha value is -0.570. The van der Waals surface area contributed by atoms with Crippen molar-refractivity contribution < 1.29 is 9.47 Å². The molecule has 0 saturated carbocycles. The third-order valence-corrected chi connectivity index (χ3v) is 2.75. The number of rotatable bonds is 2. The summed E-state index contributed by atoms with van der Waals surface area (Å²) in [7, 11) is 0. The molecule has 1 saturated heterocycles. The van der Waals surface area contributed by atoms with Crippen LogP contribution in [-0.4, -0.2) is 18.6 Å². The van der Waals surface area contributed by atoms with Gasteiger partial charge >= 0.3 is 0 Å². The van der Waals surface area contributed by atoms with E-state index in [-0.39, 0.29) is 6.10 Å². The molecule has 0 bridgehead atoms. The van der Waals surface area contributed by atoms with Crippen molar-refractivity contribution >= 4 is 11.6 Å². The van der Waals surface area contributed by atoms with E-state index in [1.807, 2.05) is 37.3 Å². The number of halogens is 1. The minimum absolute atomic E-state index is 0.00173. The molecule has 2 nitrogen and oxygen atoms in total. The van der Waals surface area contributed by atoms with E-state index in [0.29, 0.717) is 12.5 Å². The molecule has 2 atom stereocenters. The van der Waals surface area contributed by atoms with Crippen LogP contribution in [0.2, 0.25) is 0 Å². The number of alkyl halides is 1. The van der Waals surface area contributed by atoms with Gasteiger partial charge in [0, 0.05) is 5.56 Å². The highest BCUT2D eigenvalue weighted by atomic mass is 35.5.